The molecule has 2 aromatic rings. The Balaban J connectivity index is 1.48. The van der Waals surface area contributed by atoms with Crippen LogP contribution in [0, 0.1) is 0 Å². The Kier molecular flexibility index (Phi) is 6.53. The molecule has 1 fully saturated rings. The summed E-state index contributed by atoms with van der Waals surface area (Å²) in [5.74, 6) is 1.12. The summed E-state index contributed by atoms with van der Waals surface area (Å²) < 4.78 is 5.25. The number of ether oxygens (including phenoxy) is 1. The fourth-order valence-electron chi connectivity index (χ4n) is 3.38. The highest BCUT2D eigenvalue weighted by Gasteiger charge is 2.30. The van der Waals surface area contributed by atoms with Crippen LogP contribution in [0.3, 0.4) is 0 Å². The van der Waals surface area contributed by atoms with Crippen LogP contribution in [0.2, 0.25) is 5.02 Å². The van der Waals surface area contributed by atoms with E-state index >= 15 is 0 Å². The number of carbonyl (C=O) groups excluding carboxylic acids is 1. The molecule has 1 heterocycles. The van der Waals surface area contributed by atoms with Crippen molar-refractivity contribution in [2.75, 3.05) is 13.7 Å². The molecule has 0 unspecified atom stereocenters. The third-order valence-electron chi connectivity index (χ3n) is 4.84. The summed E-state index contributed by atoms with van der Waals surface area (Å²) >= 11 is 5.94. The Morgan fingerprint density at radius 1 is 1.19 bits per heavy atom. The number of likely N-dealkylation sites (tertiary alicyclic amines) is 1. The molecular formula is C21H25ClN2O2. The molecule has 0 spiro atoms. The highest BCUT2D eigenvalue weighted by atomic mass is 35.5. The van der Waals surface area contributed by atoms with Gasteiger partial charge in [-0.2, -0.15) is 0 Å². The first kappa shape index (κ1) is 18.7. The molecule has 1 aliphatic rings. The predicted octanol–water partition coefficient (Wildman–Crippen LogP) is 4.02. The van der Waals surface area contributed by atoms with Crippen molar-refractivity contribution >= 4 is 17.5 Å². The minimum Gasteiger partial charge on any atom is -0.497 e. The van der Waals surface area contributed by atoms with Gasteiger partial charge < -0.3 is 15.0 Å². The van der Waals surface area contributed by atoms with E-state index in [0.717, 1.165) is 42.3 Å². The normalized spacial score (nSPS) is 16.9. The second kappa shape index (κ2) is 9.06. The molecule has 1 saturated heterocycles. The van der Waals surface area contributed by atoms with Crippen LogP contribution in [0.15, 0.2) is 48.5 Å². The van der Waals surface area contributed by atoms with E-state index in [4.69, 9.17) is 16.3 Å². The zero-order chi connectivity index (χ0) is 18.4. The van der Waals surface area contributed by atoms with Crippen molar-refractivity contribution in [2.24, 2.45) is 0 Å². The van der Waals surface area contributed by atoms with Crippen molar-refractivity contribution in [1.82, 2.24) is 10.2 Å². The Morgan fingerprint density at radius 2 is 2.00 bits per heavy atom. The predicted molar refractivity (Wildman–Crippen MR) is 104 cm³/mol. The van der Waals surface area contributed by atoms with Gasteiger partial charge >= 0.3 is 0 Å². The molecule has 5 heteroatoms. The molecule has 0 radical (unpaired) electrons. The van der Waals surface area contributed by atoms with Crippen LogP contribution >= 0.6 is 11.6 Å². The highest BCUT2D eigenvalue weighted by Crippen LogP contribution is 2.24. The molecule has 3 rings (SSSR count). The number of nitrogens with zero attached hydrogens (tertiary/aromatic N) is 1. The number of rotatable bonds is 8. The van der Waals surface area contributed by atoms with Gasteiger partial charge in [-0.05, 0) is 54.8 Å². The van der Waals surface area contributed by atoms with E-state index in [-0.39, 0.29) is 5.91 Å². The van der Waals surface area contributed by atoms with Crippen LogP contribution in [0.5, 0.6) is 5.75 Å². The molecule has 0 bridgehead atoms. The lowest BCUT2D eigenvalue weighted by Crippen LogP contribution is -2.34. The maximum Gasteiger partial charge on any atom is 0.223 e. The van der Waals surface area contributed by atoms with Crippen LogP contribution in [-0.2, 0) is 17.9 Å². The van der Waals surface area contributed by atoms with Crippen molar-refractivity contribution in [3.05, 3.63) is 64.7 Å². The number of carbonyl (C=O) groups is 1. The molecule has 1 aliphatic heterocycles. The third-order valence-corrected chi connectivity index (χ3v) is 5.09. The van der Waals surface area contributed by atoms with Gasteiger partial charge in [0.05, 0.1) is 7.11 Å². The van der Waals surface area contributed by atoms with Gasteiger partial charge in [0, 0.05) is 30.6 Å². The van der Waals surface area contributed by atoms with Crippen molar-refractivity contribution < 1.29 is 9.53 Å². The van der Waals surface area contributed by atoms with Crippen molar-refractivity contribution in [3.8, 4) is 5.75 Å². The van der Waals surface area contributed by atoms with Gasteiger partial charge in [-0.1, -0.05) is 35.9 Å². The lowest BCUT2D eigenvalue weighted by atomic mass is 10.1. The van der Waals surface area contributed by atoms with Crippen LogP contribution in [0.25, 0.3) is 0 Å². The van der Waals surface area contributed by atoms with Crippen LogP contribution in [0.1, 0.15) is 30.4 Å². The van der Waals surface area contributed by atoms with Gasteiger partial charge in [0.1, 0.15) is 5.75 Å². The number of benzene rings is 2. The zero-order valence-corrected chi connectivity index (χ0v) is 15.8. The second-order valence-corrected chi connectivity index (χ2v) is 7.09. The SMILES string of the molecule is COc1cccc(CNCC[C@H]2CCC(=O)N2Cc2ccc(Cl)cc2)c1. The van der Waals surface area contributed by atoms with Gasteiger partial charge in [-0.15, -0.1) is 0 Å². The van der Waals surface area contributed by atoms with Crippen LogP contribution in [-0.4, -0.2) is 30.5 Å². The number of nitrogens with one attached hydrogen (secondary N) is 1. The first-order valence-corrected chi connectivity index (χ1v) is 9.41. The topological polar surface area (TPSA) is 41.6 Å². The summed E-state index contributed by atoms with van der Waals surface area (Å²) in [6.07, 6.45) is 2.55. The van der Waals surface area contributed by atoms with Gasteiger partial charge in [-0.3, -0.25) is 4.79 Å². The van der Waals surface area contributed by atoms with Crippen LogP contribution < -0.4 is 10.1 Å². The Bertz CT molecular complexity index is 733. The van der Waals surface area contributed by atoms with E-state index in [1.54, 1.807) is 7.11 Å². The van der Waals surface area contributed by atoms with Gasteiger partial charge in [0.2, 0.25) is 5.91 Å². The highest BCUT2D eigenvalue weighted by molar-refractivity contribution is 6.30. The van der Waals surface area contributed by atoms with Crippen LogP contribution in [0.4, 0.5) is 0 Å². The molecule has 0 saturated carbocycles. The van der Waals surface area contributed by atoms with Gasteiger partial charge in [0.15, 0.2) is 0 Å². The first-order chi connectivity index (χ1) is 12.7. The maximum atomic E-state index is 12.2. The Hall–Kier alpha value is -2.04. The molecule has 1 amide bonds. The number of hydrogen-bond acceptors (Lipinski definition) is 3. The molecule has 0 aromatic heterocycles. The molecule has 138 valence electrons. The minimum absolute atomic E-state index is 0.248. The number of hydrogen-bond donors (Lipinski definition) is 1. The van der Waals surface area contributed by atoms with E-state index in [1.165, 1.54) is 5.56 Å². The summed E-state index contributed by atoms with van der Waals surface area (Å²) in [4.78, 5) is 14.3. The van der Waals surface area contributed by atoms with E-state index in [0.29, 0.717) is 19.0 Å². The van der Waals surface area contributed by atoms with Crippen molar-refractivity contribution in [2.45, 2.75) is 38.4 Å². The second-order valence-electron chi connectivity index (χ2n) is 6.66. The summed E-state index contributed by atoms with van der Waals surface area (Å²) in [7, 11) is 1.68. The van der Waals surface area contributed by atoms with Crippen molar-refractivity contribution in [3.63, 3.8) is 0 Å². The first-order valence-electron chi connectivity index (χ1n) is 9.03. The summed E-state index contributed by atoms with van der Waals surface area (Å²) in [5.41, 5.74) is 2.32. The lowest BCUT2D eigenvalue weighted by molar-refractivity contribution is -0.129. The molecule has 4 nitrogen and oxygen atoms in total. The molecule has 2 aromatic carbocycles. The smallest absolute Gasteiger partial charge is 0.223 e. The monoisotopic (exact) mass is 372 g/mol. The molecule has 1 atom stereocenters. The average molecular weight is 373 g/mol. The molecule has 1 N–H and O–H groups in total. The summed E-state index contributed by atoms with van der Waals surface area (Å²) in [6, 6.07) is 16.1. The molecular weight excluding hydrogens is 348 g/mol. The largest absolute Gasteiger partial charge is 0.497 e. The zero-order valence-electron chi connectivity index (χ0n) is 15.1. The standard InChI is InChI=1S/C21H25ClN2O2/c1-26-20-4-2-3-17(13-20)14-23-12-11-19-9-10-21(25)24(19)15-16-5-7-18(22)8-6-16/h2-8,13,19,23H,9-12,14-15H2,1H3/t19-/m1/s1. The number of halogens is 1. The van der Waals surface area contributed by atoms with Crippen molar-refractivity contribution in [1.29, 1.82) is 0 Å². The summed E-state index contributed by atoms with van der Waals surface area (Å²) in [5, 5.41) is 4.20. The van der Waals surface area contributed by atoms with Gasteiger partial charge in [0.25, 0.3) is 0 Å². The van der Waals surface area contributed by atoms with E-state index < -0.39 is 0 Å². The Morgan fingerprint density at radius 3 is 2.77 bits per heavy atom. The van der Waals surface area contributed by atoms with E-state index in [1.807, 2.05) is 47.4 Å². The van der Waals surface area contributed by atoms with E-state index in [2.05, 4.69) is 11.4 Å². The number of amides is 1. The number of methoxy groups -OCH3 is 1. The van der Waals surface area contributed by atoms with Gasteiger partial charge in [-0.25, -0.2) is 0 Å². The third kappa shape index (κ3) is 4.99. The molecule has 0 aliphatic carbocycles. The fraction of sp³-hybridized carbons (Fsp3) is 0.381. The minimum atomic E-state index is 0.248. The maximum absolute atomic E-state index is 12.2. The van der Waals surface area contributed by atoms with E-state index in [9.17, 15) is 4.79 Å². The Labute approximate surface area is 160 Å². The summed E-state index contributed by atoms with van der Waals surface area (Å²) in [6.45, 7) is 2.35. The lowest BCUT2D eigenvalue weighted by Gasteiger charge is -2.25. The fourth-order valence-corrected chi connectivity index (χ4v) is 3.51. The molecule has 26 heavy (non-hydrogen) atoms. The quantitative estimate of drug-likeness (QED) is 0.711. The average Bonchev–Trinajstić information content (AvgIpc) is 3.00.